The van der Waals surface area contributed by atoms with Gasteiger partial charge < -0.3 is 25.2 Å². The number of ether oxygens (including phenoxy) is 1. The lowest BCUT2D eigenvalue weighted by molar-refractivity contribution is -0.143. The number of amides is 3. The van der Waals surface area contributed by atoms with Crippen LogP contribution in [0.1, 0.15) is 68.8 Å². The SMILES string of the molecule is CCC(=O)NCCN1C(=O)C2(CCC2)Oc2cc3c(cc21)C(=O)N(C(CC)CNC)C(C)C3. The van der Waals surface area contributed by atoms with Gasteiger partial charge in [0.15, 0.2) is 5.60 Å². The van der Waals surface area contributed by atoms with E-state index in [0.717, 1.165) is 31.4 Å². The summed E-state index contributed by atoms with van der Waals surface area (Å²) in [5, 5.41) is 6.06. The van der Waals surface area contributed by atoms with Gasteiger partial charge in [-0.05, 0) is 63.8 Å². The van der Waals surface area contributed by atoms with Crippen molar-refractivity contribution in [2.45, 2.75) is 77.0 Å². The van der Waals surface area contributed by atoms with Crippen LogP contribution in [0, 0.1) is 0 Å². The molecule has 8 nitrogen and oxygen atoms in total. The monoisotopic (exact) mass is 456 g/mol. The highest BCUT2D eigenvalue weighted by atomic mass is 16.5. The summed E-state index contributed by atoms with van der Waals surface area (Å²) < 4.78 is 6.30. The van der Waals surface area contributed by atoms with Crippen molar-refractivity contribution in [1.82, 2.24) is 15.5 Å². The van der Waals surface area contributed by atoms with E-state index in [1.807, 2.05) is 24.1 Å². The molecule has 2 unspecified atom stereocenters. The maximum absolute atomic E-state index is 13.6. The fourth-order valence-electron chi connectivity index (χ4n) is 5.31. The molecule has 8 heteroatoms. The normalized spacial score (nSPS) is 21.8. The first-order chi connectivity index (χ1) is 15.8. The van der Waals surface area contributed by atoms with Crippen LogP contribution in [0.2, 0.25) is 0 Å². The van der Waals surface area contributed by atoms with Gasteiger partial charge in [0, 0.05) is 43.7 Å². The number of nitrogens with one attached hydrogen (secondary N) is 2. The third kappa shape index (κ3) is 4.09. The van der Waals surface area contributed by atoms with Gasteiger partial charge in [0.2, 0.25) is 5.91 Å². The van der Waals surface area contributed by atoms with E-state index in [0.29, 0.717) is 49.4 Å². The summed E-state index contributed by atoms with van der Waals surface area (Å²) in [6, 6.07) is 4.01. The molecule has 3 amide bonds. The van der Waals surface area contributed by atoms with Crippen LogP contribution >= 0.6 is 0 Å². The zero-order valence-corrected chi connectivity index (χ0v) is 20.2. The first-order valence-electron chi connectivity index (χ1n) is 12.3. The average molecular weight is 457 g/mol. The Balaban J connectivity index is 1.69. The number of nitrogens with zero attached hydrogens (tertiary/aromatic N) is 2. The van der Waals surface area contributed by atoms with Crippen molar-refractivity contribution in [1.29, 1.82) is 0 Å². The zero-order valence-electron chi connectivity index (χ0n) is 20.2. The third-order valence-corrected chi connectivity index (χ3v) is 7.32. The largest absolute Gasteiger partial charge is 0.475 e. The minimum absolute atomic E-state index is 0.00395. The van der Waals surface area contributed by atoms with Crippen LogP contribution in [0.15, 0.2) is 12.1 Å². The van der Waals surface area contributed by atoms with E-state index in [1.165, 1.54) is 0 Å². The molecule has 1 aromatic rings. The number of rotatable bonds is 8. The lowest BCUT2D eigenvalue weighted by Gasteiger charge is -2.48. The maximum Gasteiger partial charge on any atom is 0.271 e. The van der Waals surface area contributed by atoms with Gasteiger partial charge in [0.25, 0.3) is 11.8 Å². The van der Waals surface area contributed by atoms with E-state index in [4.69, 9.17) is 4.74 Å². The van der Waals surface area contributed by atoms with Gasteiger partial charge in [0.1, 0.15) is 5.75 Å². The Labute approximate surface area is 196 Å². The topological polar surface area (TPSA) is 91.0 Å². The zero-order chi connectivity index (χ0) is 23.8. The van der Waals surface area contributed by atoms with Gasteiger partial charge in [-0.2, -0.15) is 0 Å². The van der Waals surface area contributed by atoms with Crippen molar-refractivity contribution in [3.63, 3.8) is 0 Å². The summed E-state index contributed by atoms with van der Waals surface area (Å²) in [6.45, 7) is 7.45. The van der Waals surface area contributed by atoms with Crippen LogP contribution in [0.4, 0.5) is 5.69 Å². The maximum atomic E-state index is 13.6. The number of likely N-dealkylation sites (N-methyl/N-ethyl adjacent to an activating group) is 1. The number of hydrogen-bond acceptors (Lipinski definition) is 5. The molecule has 2 N–H and O–H groups in total. The number of carbonyl (C=O) groups excluding carboxylic acids is 3. The Hall–Kier alpha value is -2.61. The van der Waals surface area contributed by atoms with E-state index in [2.05, 4.69) is 24.5 Å². The Morgan fingerprint density at radius 1 is 1.27 bits per heavy atom. The van der Waals surface area contributed by atoms with Crippen molar-refractivity contribution >= 4 is 23.4 Å². The van der Waals surface area contributed by atoms with Crippen LogP contribution in [0.3, 0.4) is 0 Å². The smallest absolute Gasteiger partial charge is 0.271 e. The van der Waals surface area contributed by atoms with Crippen LogP contribution in [-0.2, 0) is 16.0 Å². The van der Waals surface area contributed by atoms with Crippen molar-refractivity contribution in [2.24, 2.45) is 0 Å². The molecule has 0 aromatic heterocycles. The van der Waals surface area contributed by atoms with Gasteiger partial charge in [-0.25, -0.2) is 0 Å². The fourth-order valence-corrected chi connectivity index (χ4v) is 5.31. The molecular weight excluding hydrogens is 420 g/mol. The highest BCUT2D eigenvalue weighted by Crippen LogP contribution is 2.48. The summed E-state index contributed by atoms with van der Waals surface area (Å²) in [5.41, 5.74) is 1.45. The number of carbonyl (C=O) groups is 3. The predicted molar refractivity (Wildman–Crippen MR) is 127 cm³/mol. The van der Waals surface area contributed by atoms with Gasteiger partial charge in [0.05, 0.1) is 5.69 Å². The average Bonchev–Trinajstić information content (AvgIpc) is 2.77. The molecule has 1 fully saturated rings. The summed E-state index contributed by atoms with van der Waals surface area (Å²) in [7, 11) is 1.90. The minimum Gasteiger partial charge on any atom is -0.475 e. The molecule has 2 aliphatic heterocycles. The molecule has 1 aliphatic carbocycles. The Morgan fingerprint density at radius 3 is 2.64 bits per heavy atom. The molecule has 2 atom stereocenters. The first kappa shape index (κ1) is 23.5. The van der Waals surface area contributed by atoms with E-state index in [1.54, 1.807) is 11.8 Å². The van der Waals surface area contributed by atoms with Gasteiger partial charge >= 0.3 is 0 Å². The highest BCUT2D eigenvalue weighted by Gasteiger charge is 2.53. The van der Waals surface area contributed by atoms with Crippen molar-refractivity contribution in [3.8, 4) is 5.75 Å². The summed E-state index contributed by atoms with van der Waals surface area (Å²) in [6.07, 6.45) is 4.38. The second-order valence-electron chi connectivity index (χ2n) is 9.47. The molecule has 1 aromatic carbocycles. The van der Waals surface area contributed by atoms with Crippen LogP contribution in [0.25, 0.3) is 0 Å². The molecule has 33 heavy (non-hydrogen) atoms. The summed E-state index contributed by atoms with van der Waals surface area (Å²) in [4.78, 5) is 42.5. The van der Waals surface area contributed by atoms with Crippen molar-refractivity contribution in [3.05, 3.63) is 23.3 Å². The third-order valence-electron chi connectivity index (χ3n) is 7.32. The second kappa shape index (κ2) is 9.33. The molecule has 180 valence electrons. The number of hydrogen-bond donors (Lipinski definition) is 2. The predicted octanol–water partition coefficient (Wildman–Crippen LogP) is 2.25. The Bertz CT molecular complexity index is 943. The van der Waals surface area contributed by atoms with Crippen LogP contribution < -0.4 is 20.3 Å². The lowest BCUT2D eigenvalue weighted by atomic mass is 9.77. The molecule has 4 rings (SSSR count). The Kier molecular flexibility index (Phi) is 6.66. The van der Waals surface area contributed by atoms with Gasteiger partial charge in [-0.3, -0.25) is 14.4 Å². The number of benzene rings is 1. The van der Waals surface area contributed by atoms with Gasteiger partial charge in [-0.15, -0.1) is 0 Å². The molecule has 0 radical (unpaired) electrons. The highest BCUT2D eigenvalue weighted by molar-refractivity contribution is 6.06. The fraction of sp³-hybridized carbons (Fsp3) is 0.640. The number of anilines is 1. The van der Waals surface area contributed by atoms with E-state index < -0.39 is 5.60 Å². The minimum atomic E-state index is -0.799. The summed E-state index contributed by atoms with van der Waals surface area (Å²) >= 11 is 0. The van der Waals surface area contributed by atoms with Gasteiger partial charge in [-0.1, -0.05) is 13.8 Å². The molecule has 0 bridgehead atoms. The summed E-state index contributed by atoms with van der Waals surface area (Å²) in [5.74, 6) is 0.562. The van der Waals surface area contributed by atoms with E-state index >= 15 is 0 Å². The molecule has 0 saturated heterocycles. The van der Waals surface area contributed by atoms with E-state index in [9.17, 15) is 14.4 Å². The molecular formula is C25H36N4O4. The Morgan fingerprint density at radius 2 is 2.03 bits per heavy atom. The van der Waals surface area contributed by atoms with E-state index in [-0.39, 0.29) is 29.8 Å². The number of fused-ring (bicyclic) bond motifs is 2. The second-order valence-corrected chi connectivity index (χ2v) is 9.47. The molecule has 1 saturated carbocycles. The van der Waals surface area contributed by atoms with Crippen LogP contribution in [-0.4, -0.2) is 67.0 Å². The first-order valence-corrected chi connectivity index (χ1v) is 12.3. The lowest BCUT2D eigenvalue weighted by Crippen LogP contribution is -2.61. The standard InChI is InChI=1S/C25H36N4O4/c1-5-18(15-26-4)29-16(3)12-17-13-21-20(14-19(17)23(29)31)28(11-10-27-22(30)6-2)24(32)25(33-21)8-7-9-25/h13-14,16,18,26H,5-12,15H2,1-4H3,(H,27,30). The molecule has 1 spiro atoms. The quantitative estimate of drug-likeness (QED) is 0.626. The van der Waals surface area contributed by atoms with Crippen molar-refractivity contribution in [2.75, 3.05) is 31.6 Å². The molecule has 2 heterocycles. The molecule has 3 aliphatic rings. The van der Waals surface area contributed by atoms with Crippen LogP contribution in [0.5, 0.6) is 5.75 Å². The van der Waals surface area contributed by atoms with Crippen molar-refractivity contribution < 1.29 is 19.1 Å².